The van der Waals surface area contributed by atoms with E-state index >= 15 is 0 Å². The lowest BCUT2D eigenvalue weighted by molar-refractivity contribution is -0.135. The van der Waals surface area contributed by atoms with Crippen LogP contribution in [0.3, 0.4) is 0 Å². The fourth-order valence-electron chi connectivity index (χ4n) is 3.82. The summed E-state index contributed by atoms with van der Waals surface area (Å²) < 4.78 is 22.0. The van der Waals surface area contributed by atoms with Gasteiger partial charge in [-0.05, 0) is 36.4 Å². The van der Waals surface area contributed by atoms with E-state index < -0.39 is 42.5 Å². The molecule has 0 spiro atoms. The van der Waals surface area contributed by atoms with Crippen molar-refractivity contribution in [2.45, 2.75) is 37.4 Å². The van der Waals surface area contributed by atoms with Gasteiger partial charge in [-0.15, -0.1) is 0 Å². The van der Waals surface area contributed by atoms with Crippen molar-refractivity contribution >= 4 is 17.9 Å². The number of aliphatic hydroxyl groups is 1. The molecule has 0 saturated carbocycles. The van der Waals surface area contributed by atoms with Crippen LogP contribution in [0.25, 0.3) is 0 Å². The summed E-state index contributed by atoms with van der Waals surface area (Å²) in [5.74, 6) is -1.71. The van der Waals surface area contributed by atoms with Crippen molar-refractivity contribution in [1.82, 2.24) is 0 Å². The largest absolute Gasteiger partial charge is 0.458 e. The van der Waals surface area contributed by atoms with Gasteiger partial charge < -0.3 is 24.1 Å². The number of hydrogen-bond donors (Lipinski definition) is 1. The minimum Gasteiger partial charge on any atom is -0.458 e. The Morgan fingerprint density at radius 3 is 1.83 bits per heavy atom. The first-order chi connectivity index (χ1) is 17.5. The van der Waals surface area contributed by atoms with Crippen molar-refractivity contribution < 1.29 is 38.4 Å². The van der Waals surface area contributed by atoms with Gasteiger partial charge in [0.1, 0.15) is 12.7 Å². The Bertz CT molecular complexity index is 1150. The van der Waals surface area contributed by atoms with Crippen molar-refractivity contribution in [3.05, 3.63) is 108 Å². The normalized spacial score (nSPS) is 19.8. The van der Waals surface area contributed by atoms with E-state index in [2.05, 4.69) is 0 Å². The Labute approximate surface area is 208 Å². The summed E-state index contributed by atoms with van der Waals surface area (Å²) in [4.78, 5) is 37.4. The van der Waals surface area contributed by atoms with E-state index in [1.54, 1.807) is 91.0 Å². The quantitative estimate of drug-likeness (QED) is 0.357. The van der Waals surface area contributed by atoms with Crippen molar-refractivity contribution in [3.63, 3.8) is 0 Å². The zero-order valence-corrected chi connectivity index (χ0v) is 19.4. The van der Waals surface area contributed by atoms with Crippen LogP contribution in [0.4, 0.5) is 0 Å². The fourth-order valence-corrected chi connectivity index (χ4v) is 3.82. The van der Waals surface area contributed by atoms with Crippen LogP contribution in [0.5, 0.6) is 0 Å². The maximum absolute atomic E-state index is 12.7. The first-order valence-corrected chi connectivity index (χ1v) is 11.6. The van der Waals surface area contributed by atoms with Crippen LogP contribution < -0.4 is 0 Å². The van der Waals surface area contributed by atoms with E-state index in [4.69, 9.17) is 18.9 Å². The summed E-state index contributed by atoms with van der Waals surface area (Å²) >= 11 is 0. The zero-order chi connectivity index (χ0) is 25.3. The third-order valence-electron chi connectivity index (χ3n) is 5.63. The number of benzene rings is 3. The standard InChI is InChI=1S/C28H26O8/c29-25(19-10-4-1-5-11-19)33-18-23(35-26(30)20-12-6-2-7-13-20)16-22-17-24(28(32)34-22)36-27(31)21-14-8-3-9-15-21/h1-15,22-24,28,32H,16-18H2/t22-,23-,24+,28+/m0/s1. The molecule has 1 saturated heterocycles. The Morgan fingerprint density at radius 1 is 0.778 bits per heavy atom. The fraction of sp³-hybridized carbons (Fsp3) is 0.250. The number of carbonyl (C=O) groups excluding carboxylic acids is 3. The SMILES string of the molecule is O=C(OC[C@H](C[C@H]1C[C@@H](OC(=O)c2ccccc2)[C@H](O)O1)OC(=O)c1ccccc1)c1ccccc1. The molecule has 1 fully saturated rings. The molecule has 4 atom stereocenters. The topological polar surface area (TPSA) is 108 Å². The molecule has 4 rings (SSSR count). The number of hydrogen-bond acceptors (Lipinski definition) is 8. The van der Waals surface area contributed by atoms with Crippen LogP contribution in [0, 0.1) is 0 Å². The highest BCUT2D eigenvalue weighted by Gasteiger charge is 2.39. The van der Waals surface area contributed by atoms with Crippen LogP contribution in [0.2, 0.25) is 0 Å². The molecule has 8 heteroatoms. The maximum atomic E-state index is 12.7. The Morgan fingerprint density at radius 2 is 1.28 bits per heavy atom. The lowest BCUT2D eigenvalue weighted by Gasteiger charge is -2.21. The second-order valence-corrected chi connectivity index (χ2v) is 8.29. The van der Waals surface area contributed by atoms with Crippen LogP contribution in [0.1, 0.15) is 43.9 Å². The Balaban J connectivity index is 1.39. The Kier molecular flexibility index (Phi) is 8.44. The van der Waals surface area contributed by atoms with Gasteiger partial charge in [-0.3, -0.25) is 0 Å². The number of rotatable bonds is 9. The predicted octanol–water partition coefficient (Wildman–Crippen LogP) is 3.79. The van der Waals surface area contributed by atoms with E-state index in [1.807, 2.05) is 0 Å². The molecule has 3 aromatic carbocycles. The first-order valence-electron chi connectivity index (χ1n) is 11.6. The Hall–Kier alpha value is -4.01. The monoisotopic (exact) mass is 490 g/mol. The van der Waals surface area contributed by atoms with Crippen molar-refractivity contribution in [3.8, 4) is 0 Å². The third kappa shape index (κ3) is 6.78. The smallest absolute Gasteiger partial charge is 0.338 e. The van der Waals surface area contributed by atoms with E-state index in [1.165, 1.54) is 0 Å². The molecule has 0 unspecified atom stereocenters. The number of ether oxygens (including phenoxy) is 4. The molecule has 0 radical (unpaired) electrons. The minimum absolute atomic E-state index is 0.122. The molecule has 0 aromatic heterocycles. The molecule has 1 N–H and O–H groups in total. The van der Waals surface area contributed by atoms with Gasteiger partial charge >= 0.3 is 17.9 Å². The summed E-state index contributed by atoms with van der Waals surface area (Å²) in [5.41, 5.74) is 1.07. The lowest BCUT2D eigenvalue weighted by Crippen LogP contribution is -2.29. The summed E-state index contributed by atoms with van der Waals surface area (Å²) in [7, 11) is 0. The van der Waals surface area contributed by atoms with Crippen LogP contribution in [0.15, 0.2) is 91.0 Å². The summed E-state index contributed by atoms with van der Waals surface area (Å²) in [5, 5.41) is 10.3. The molecule has 0 aliphatic carbocycles. The van der Waals surface area contributed by atoms with Gasteiger partial charge in [0, 0.05) is 12.8 Å². The molecule has 0 bridgehead atoms. The van der Waals surface area contributed by atoms with Crippen molar-refractivity contribution in [2.24, 2.45) is 0 Å². The van der Waals surface area contributed by atoms with Crippen LogP contribution in [-0.4, -0.2) is 54.2 Å². The summed E-state index contributed by atoms with van der Waals surface area (Å²) in [6.45, 7) is -0.212. The highest BCUT2D eigenvalue weighted by molar-refractivity contribution is 5.90. The van der Waals surface area contributed by atoms with Crippen LogP contribution >= 0.6 is 0 Å². The second-order valence-electron chi connectivity index (χ2n) is 8.29. The van der Waals surface area contributed by atoms with Gasteiger partial charge in [-0.1, -0.05) is 54.6 Å². The summed E-state index contributed by atoms with van der Waals surface area (Å²) in [6, 6.07) is 25.3. The highest BCUT2D eigenvalue weighted by Crippen LogP contribution is 2.27. The molecular weight excluding hydrogens is 464 g/mol. The van der Waals surface area contributed by atoms with Gasteiger partial charge in [0.05, 0.1) is 22.8 Å². The molecule has 1 heterocycles. The van der Waals surface area contributed by atoms with E-state index in [0.717, 1.165) is 0 Å². The first kappa shape index (κ1) is 25.1. The van der Waals surface area contributed by atoms with E-state index in [0.29, 0.717) is 16.7 Å². The minimum atomic E-state index is -1.33. The van der Waals surface area contributed by atoms with E-state index in [9.17, 15) is 19.5 Å². The van der Waals surface area contributed by atoms with Crippen molar-refractivity contribution in [2.75, 3.05) is 6.61 Å². The average Bonchev–Trinajstić information content (AvgIpc) is 3.26. The van der Waals surface area contributed by atoms with Crippen LogP contribution in [-0.2, 0) is 18.9 Å². The van der Waals surface area contributed by atoms with Gasteiger partial charge in [0.15, 0.2) is 12.4 Å². The lowest BCUT2D eigenvalue weighted by atomic mass is 10.1. The molecule has 1 aliphatic rings. The molecule has 3 aromatic rings. The molecule has 186 valence electrons. The number of aliphatic hydroxyl groups excluding tert-OH is 1. The maximum Gasteiger partial charge on any atom is 0.338 e. The van der Waals surface area contributed by atoms with Gasteiger partial charge in [-0.2, -0.15) is 0 Å². The molecular formula is C28H26O8. The summed E-state index contributed by atoms with van der Waals surface area (Å²) in [6.07, 6.45) is -3.37. The molecule has 1 aliphatic heterocycles. The molecule has 36 heavy (non-hydrogen) atoms. The average molecular weight is 491 g/mol. The number of esters is 3. The predicted molar refractivity (Wildman–Crippen MR) is 128 cm³/mol. The highest BCUT2D eigenvalue weighted by atomic mass is 16.7. The zero-order valence-electron chi connectivity index (χ0n) is 19.4. The van der Waals surface area contributed by atoms with E-state index in [-0.39, 0.29) is 19.4 Å². The second kappa shape index (κ2) is 12.1. The van der Waals surface area contributed by atoms with Gasteiger partial charge in [0.2, 0.25) is 0 Å². The third-order valence-corrected chi connectivity index (χ3v) is 5.63. The number of carbonyl (C=O) groups is 3. The molecule has 8 nitrogen and oxygen atoms in total. The molecule has 0 amide bonds. The van der Waals surface area contributed by atoms with Gasteiger partial charge in [-0.25, -0.2) is 14.4 Å². The van der Waals surface area contributed by atoms with Gasteiger partial charge in [0.25, 0.3) is 0 Å². The van der Waals surface area contributed by atoms with Crippen molar-refractivity contribution in [1.29, 1.82) is 0 Å².